The van der Waals surface area contributed by atoms with Crippen molar-refractivity contribution in [1.29, 1.82) is 0 Å². The van der Waals surface area contributed by atoms with Crippen LogP contribution in [-0.2, 0) is 33.3 Å². The molecule has 0 aromatic rings. The number of ether oxygens (including phenoxy) is 4. The molecule has 0 amide bonds. The summed E-state index contributed by atoms with van der Waals surface area (Å²) < 4.78 is 21.6. The number of rotatable bonds is 34. The van der Waals surface area contributed by atoms with E-state index in [0.29, 0.717) is 12.8 Å². The summed E-state index contributed by atoms with van der Waals surface area (Å²) in [6.45, 7) is 3.74. The van der Waals surface area contributed by atoms with Crippen molar-refractivity contribution in [3.63, 3.8) is 0 Å². The Morgan fingerprint density at radius 1 is 0.577 bits per heavy atom. The first-order valence-electron chi connectivity index (χ1n) is 20.7. The molecule has 11 heteroatoms. The Bertz CT molecular complexity index is 926. The van der Waals surface area contributed by atoms with Gasteiger partial charge in [-0.05, 0) is 32.1 Å². The molecular formula is C41H74O11. The predicted octanol–water partition coefficient (Wildman–Crippen LogP) is 8.09. The van der Waals surface area contributed by atoms with Crippen molar-refractivity contribution in [1.82, 2.24) is 0 Å². The minimum absolute atomic E-state index is 0.186. The van der Waals surface area contributed by atoms with Crippen molar-refractivity contribution in [3.8, 4) is 0 Å². The second-order valence-electron chi connectivity index (χ2n) is 14.5. The molecule has 6 atom stereocenters. The van der Waals surface area contributed by atoms with Gasteiger partial charge in [0.2, 0.25) is 0 Å². The van der Waals surface area contributed by atoms with Gasteiger partial charge in [-0.1, -0.05) is 148 Å². The number of aliphatic carboxylic acids is 1. The highest BCUT2D eigenvalue weighted by Gasteiger charge is 2.47. The molecule has 1 aliphatic heterocycles. The maximum Gasteiger partial charge on any atom is 0.335 e. The molecule has 52 heavy (non-hydrogen) atoms. The van der Waals surface area contributed by atoms with Crippen molar-refractivity contribution < 1.29 is 53.8 Å². The van der Waals surface area contributed by atoms with Crippen LogP contribution in [0.3, 0.4) is 0 Å². The molecule has 1 aliphatic rings. The number of unbranched alkanes of at least 4 members (excludes halogenated alkanes) is 21. The third kappa shape index (κ3) is 24.3. The summed E-state index contributed by atoms with van der Waals surface area (Å²) in [5.41, 5.74) is 0. The lowest BCUT2D eigenvalue weighted by Crippen LogP contribution is -2.60. The minimum Gasteiger partial charge on any atom is -0.479 e. The number of hydrogen-bond donors (Lipinski definition) is 4. The van der Waals surface area contributed by atoms with E-state index in [-0.39, 0.29) is 26.1 Å². The predicted molar refractivity (Wildman–Crippen MR) is 202 cm³/mol. The number of carboxylic acid groups (broad SMARTS) is 1. The number of esters is 2. The SMILES string of the molecule is CCC/C=C\CCCCCCCC(=O)OCC(COC1OC(C(=O)O)C(O)C(O)C1O)OC(=O)CCCCCCCCCCCCCCCCCC. The lowest BCUT2D eigenvalue weighted by atomic mass is 9.99. The van der Waals surface area contributed by atoms with E-state index in [1.807, 2.05) is 0 Å². The zero-order valence-electron chi connectivity index (χ0n) is 32.6. The highest BCUT2D eigenvalue weighted by atomic mass is 16.7. The van der Waals surface area contributed by atoms with Gasteiger partial charge in [0.15, 0.2) is 18.5 Å². The van der Waals surface area contributed by atoms with Gasteiger partial charge in [-0.15, -0.1) is 0 Å². The Labute approximate surface area is 314 Å². The highest BCUT2D eigenvalue weighted by molar-refractivity contribution is 5.73. The fourth-order valence-corrected chi connectivity index (χ4v) is 6.29. The van der Waals surface area contributed by atoms with Gasteiger partial charge < -0.3 is 39.4 Å². The number of allylic oxidation sites excluding steroid dienone is 2. The van der Waals surface area contributed by atoms with Crippen molar-refractivity contribution >= 4 is 17.9 Å². The topological polar surface area (TPSA) is 169 Å². The van der Waals surface area contributed by atoms with Crippen LogP contribution in [-0.4, -0.2) is 88.4 Å². The summed E-state index contributed by atoms with van der Waals surface area (Å²) >= 11 is 0. The quantitative estimate of drug-likeness (QED) is 0.0286. The van der Waals surface area contributed by atoms with Gasteiger partial charge >= 0.3 is 17.9 Å². The second-order valence-corrected chi connectivity index (χ2v) is 14.5. The number of hydrogen-bond acceptors (Lipinski definition) is 10. The lowest BCUT2D eigenvalue weighted by Gasteiger charge is -2.38. The van der Waals surface area contributed by atoms with Crippen molar-refractivity contribution in [2.24, 2.45) is 0 Å². The molecule has 0 aromatic carbocycles. The molecule has 304 valence electrons. The fraction of sp³-hybridized carbons (Fsp3) is 0.878. The van der Waals surface area contributed by atoms with Gasteiger partial charge in [-0.3, -0.25) is 9.59 Å². The molecule has 4 N–H and O–H groups in total. The summed E-state index contributed by atoms with van der Waals surface area (Å²) in [6.07, 6.45) is 22.8. The molecule has 1 rings (SSSR count). The average Bonchev–Trinajstić information content (AvgIpc) is 3.12. The van der Waals surface area contributed by atoms with Crippen molar-refractivity contribution in [2.75, 3.05) is 13.2 Å². The Morgan fingerprint density at radius 3 is 1.58 bits per heavy atom. The van der Waals surface area contributed by atoms with Gasteiger partial charge in [0.1, 0.15) is 24.9 Å². The molecule has 1 fully saturated rings. The van der Waals surface area contributed by atoms with Crippen molar-refractivity contribution in [2.45, 2.75) is 218 Å². The maximum absolute atomic E-state index is 12.7. The summed E-state index contributed by atoms with van der Waals surface area (Å²) in [5, 5.41) is 39.7. The molecule has 11 nitrogen and oxygen atoms in total. The van der Waals surface area contributed by atoms with Crippen LogP contribution < -0.4 is 0 Å². The third-order valence-electron chi connectivity index (χ3n) is 9.60. The molecule has 0 bridgehead atoms. The van der Waals surface area contributed by atoms with E-state index in [1.54, 1.807) is 0 Å². The first-order valence-corrected chi connectivity index (χ1v) is 20.7. The van der Waals surface area contributed by atoms with E-state index >= 15 is 0 Å². The average molecular weight is 743 g/mol. The Hall–Kier alpha value is -2.05. The molecule has 0 saturated carbocycles. The summed E-state index contributed by atoms with van der Waals surface area (Å²) in [6, 6.07) is 0. The molecule has 0 aromatic heterocycles. The summed E-state index contributed by atoms with van der Waals surface area (Å²) in [5.74, 6) is -2.45. The highest BCUT2D eigenvalue weighted by Crippen LogP contribution is 2.23. The van der Waals surface area contributed by atoms with Gasteiger partial charge in [0.25, 0.3) is 0 Å². The number of carboxylic acids is 1. The van der Waals surface area contributed by atoms with Crippen LogP contribution in [0.5, 0.6) is 0 Å². The molecule has 0 aliphatic carbocycles. The van der Waals surface area contributed by atoms with Crippen LogP contribution in [0.1, 0.15) is 181 Å². The van der Waals surface area contributed by atoms with E-state index in [1.165, 1.54) is 77.0 Å². The summed E-state index contributed by atoms with van der Waals surface area (Å²) in [4.78, 5) is 36.6. The van der Waals surface area contributed by atoms with E-state index in [4.69, 9.17) is 18.9 Å². The van der Waals surface area contributed by atoms with E-state index in [0.717, 1.165) is 64.2 Å². The van der Waals surface area contributed by atoms with Crippen LogP contribution in [0.15, 0.2) is 12.2 Å². The van der Waals surface area contributed by atoms with Gasteiger partial charge in [0, 0.05) is 12.8 Å². The van der Waals surface area contributed by atoms with Gasteiger partial charge in [-0.2, -0.15) is 0 Å². The van der Waals surface area contributed by atoms with Gasteiger partial charge in [0.05, 0.1) is 6.61 Å². The lowest BCUT2D eigenvalue weighted by molar-refractivity contribution is -0.298. The standard InChI is InChI=1S/C41H74O11/c1-3-5-7-9-11-13-15-16-17-18-19-20-22-24-26-28-30-35(43)51-33(32-50-41-38(46)36(44)37(45)39(52-41)40(47)48)31-49-34(42)29-27-25-23-21-14-12-10-8-6-4-2/h8,10,33,36-39,41,44-46H,3-7,9,11-32H2,1-2H3,(H,47,48)/b10-8-. The smallest absolute Gasteiger partial charge is 0.335 e. The number of carbonyl (C=O) groups is 3. The summed E-state index contributed by atoms with van der Waals surface area (Å²) in [7, 11) is 0. The van der Waals surface area contributed by atoms with Crippen LogP contribution >= 0.6 is 0 Å². The van der Waals surface area contributed by atoms with E-state index in [9.17, 15) is 34.8 Å². The van der Waals surface area contributed by atoms with Crippen LogP contribution in [0.25, 0.3) is 0 Å². The van der Waals surface area contributed by atoms with E-state index in [2.05, 4.69) is 26.0 Å². The Balaban J connectivity index is 2.39. The Kier molecular flexibility index (Phi) is 29.9. The largest absolute Gasteiger partial charge is 0.479 e. The fourth-order valence-electron chi connectivity index (χ4n) is 6.29. The number of aliphatic hydroxyl groups is 3. The minimum atomic E-state index is -1.86. The Morgan fingerprint density at radius 2 is 1.06 bits per heavy atom. The first kappa shape index (κ1) is 48.0. The van der Waals surface area contributed by atoms with Crippen LogP contribution in [0.4, 0.5) is 0 Å². The second kappa shape index (κ2) is 32.4. The van der Waals surface area contributed by atoms with Crippen LogP contribution in [0, 0.1) is 0 Å². The monoisotopic (exact) mass is 743 g/mol. The molecule has 1 saturated heterocycles. The number of carbonyl (C=O) groups excluding carboxylic acids is 2. The molecule has 1 heterocycles. The third-order valence-corrected chi connectivity index (χ3v) is 9.60. The molecular weight excluding hydrogens is 668 g/mol. The van der Waals surface area contributed by atoms with Gasteiger partial charge in [-0.25, -0.2) is 4.79 Å². The maximum atomic E-state index is 12.7. The van der Waals surface area contributed by atoms with Crippen LogP contribution in [0.2, 0.25) is 0 Å². The zero-order chi connectivity index (χ0) is 38.2. The zero-order valence-corrected chi connectivity index (χ0v) is 32.6. The first-order chi connectivity index (χ1) is 25.2. The van der Waals surface area contributed by atoms with E-state index < -0.39 is 54.7 Å². The normalized spacial score (nSPS) is 21.0. The molecule has 0 radical (unpaired) electrons. The molecule has 6 unspecified atom stereocenters. The van der Waals surface area contributed by atoms with Crippen molar-refractivity contribution in [3.05, 3.63) is 12.2 Å². The molecule has 0 spiro atoms. The number of aliphatic hydroxyl groups excluding tert-OH is 3.